The lowest BCUT2D eigenvalue weighted by Gasteiger charge is -2.52. The second kappa shape index (κ2) is 7.85. The van der Waals surface area contributed by atoms with Gasteiger partial charge >= 0.3 is 0 Å². The van der Waals surface area contributed by atoms with Gasteiger partial charge in [0.1, 0.15) is 0 Å². The number of fused-ring (bicyclic) bond motifs is 4. The molecule has 164 valence electrons. The average Bonchev–Trinajstić information content (AvgIpc) is 3.03. The maximum Gasteiger partial charge on any atom is 0.0578 e. The molecular weight excluding hydrogens is 352 g/mol. The van der Waals surface area contributed by atoms with Crippen molar-refractivity contribution in [2.75, 3.05) is 0 Å². The second-order valence-corrected chi connectivity index (χ2v) is 12.2. The van der Waals surface area contributed by atoms with E-state index in [1.165, 1.54) is 44.9 Å². The van der Waals surface area contributed by atoms with Crippen LogP contribution < -0.4 is 0 Å². The van der Waals surface area contributed by atoms with E-state index in [1.54, 1.807) is 5.57 Å². The van der Waals surface area contributed by atoms with Gasteiger partial charge in [0, 0.05) is 5.41 Å². The smallest absolute Gasteiger partial charge is 0.0578 e. The zero-order valence-electron chi connectivity index (χ0n) is 20.1. The summed E-state index contributed by atoms with van der Waals surface area (Å²) < 4.78 is 0. The summed E-state index contributed by atoms with van der Waals surface area (Å²) in [5.74, 6) is 4.26. The van der Waals surface area contributed by atoms with Crippen molar-refractivity contribution in [3.05, 3.63) is 22.8 Å². The van der Waals surface area contributed by atoms with Crippen molar-refractivity contribution in [1.82, 2.24) is 0 Å². The third-order valence-corrected chi connectivity index (χ3v) is 10.4. The number of hydrogen-bond acceptors (Lipinski definition) is 1. The van der Waals surface area contributed by atoms with Crippen LogP contribution in [0.1, 0.15) is 106 Å². The molecule has 1 nitrogen and oxygen atoms in total. The Balaban J connectivity index is 1.52. The van der Waals surface area contributed by atoms with Crippen molar-refractivity contribution >= 4 is 0 Å². The van der Waals surface area contributed by atoms with Gasteiger partial charge in [0.05, 0.1) is 6.10 Å². The Bertz CT molecular complexity index is 684. The highest BCUT2D eigenvalue weighted by Crippen LogP contribution is 2.65. The average molecular weight is 399 g/mol. The molecule has 0 saturated heterocycles. The fourth-order valence-electron chi connectivity index (χ4n) is 7.94. The Hall–Kier alpha value is -0.560. The third kappa shape index (κ3) is 3.58. The van der Waals surface area contributed by atoms with Gasteiger partial charge in [0.15, 0.2) is 0 Å². The molecule has 2 saturated carbocycles. The predicted octanol–water partition coefficient (Wildman–Crippen LogP) is 7.70. The highest BCUT2D eigenvalue weighted by atomic mass is 16.3. The van der Waals surface area contributed by atoms with Gasteiger partial charge in [-0.2, -0.15) is 0 Å². The van der Waals surface area contributed by atoms with E-state index in [1.807, 2.05) is 11.1 Å². The van der Waals surface area contributed by atoms with Crippen LogP contribution in [0.4, 0.5) is 0 Å². The molecule has 29 heavy (non-hydrogen) atoms. The molecule has 0 bridgehead atoms. The van der Waals surface area contributed by atoms with E-state index in [-0.39, 0.29) is 11.5 Å². The van der Waals surface area contributed by atoms with E-state index in [0.29, 0.717) is 5.41 Å². The van der Waals surface area contributed by atoms with Crippen LogP contribution in [0.25, 0.3) is 0 Å². The standard InChI is InChI=1S/C28H46O/c1-18(2)19(3)7-8-20(4)24-11-12-25-23-10-9-21-17-22(29)13-15-27(21,5)26(23)14-16-28(24,25)6/h9,18-20,22,24-25,29H,7-8,10-17H2,1-6H3. The van der Waals surface area contributed by atoms with Crippen LogP contribution in [-0.4, -0.2) is 11.2 Å². The summed E-state index contributed by atoms with van der Waals surface area (Å²) in [6.07, 6.45) is 15.1. The summed E-state index contributed by atoms with van der Waals surface area (Å²) in [6.45, 7) is 14.9. The van der Waals surface area contributed by atoms with E-state index in [4.69, 9.17) is 0 Å². The first-order valence-corrected chi connectivity index (χ1v) is 12.8. The molecule has 0 spiro atoms. The summed E-state index contributed by atoms with van der Waals surface area (Å²) in [5, 5.41) is 10.2. The zero-order valence-corrected chi connectivity index (χ0v) is 20.1. The van der Waals surface area contributed by atoms with Crippen LogP contribution >= 0.6 is 0 Å². The van der Waals surface area contributed by atoms with Crippen molar-refractivity contribution < 1.29 is 5.11 Å². The minimum Gasteiger partial charge on any atom is -0.393 e. The van der Waals surface area contributed by atoms with Gasteiger partial charge in [-0.1, -0.05) is 77.2 Å². The molecule has 7 unspecified atom stereocenters. The lowest BCUT2D eigenvalue weighted by molar-refractivity contribution is 0.0849. The summed E-state index contributed by atoms with van der Waals surface area (Å²) in [4.78, 5) is 0. The molecule has 4 aliphatic carbocycles. The van der Waals surface area contributed by atoms with Crippen LogP contribution in [0.15, 0.2) is 22.8 Å². The first-order chi connectivity index (χ1) is 13.7. The third-order valence-electron chi connectivity index (χ3n) is 10.4. The summed E-state index contributed by atoms with van der Waals surface area (Å²) in [5.41, 5.74) is 6.00. The number of aliphatic hydroxyl groups excluding tert-OH is 1. The van der Waals surface area contributed by atoms with Crippen LogP contribution in [-0.2, 0) is 0 Å². The quantitative estimate of drug-likeness (QED) is 0.470. The Morgan fingerprint density at radius 2 is 1.79 bits per heavy atom. The number of allylic oxidation sites excluding steroid dienone is 3. The monoisotopic (exact) mass is 398 g/mol. The zero-order chi connectivity index (χ0) is 21.0. The lowest BCUT2D eigenvalue weighted by Crippen LogP contribution is -2.42. The van der Waals surface area contributed by atoms with Gasteiger partial charge in [0.2, 0.25) is 0 Å². The normalized spacial score (nSPS) is 41.5. The molecule has 2 fully saturated rings. The first kappa shape index (κ1) is 21.7. The maximum atomic E-state index is 10.2. The summed E-state index contributed by atoms with van der Waals surface area (Å²) in [7, 11) is 0. The van der Waals surface area contributed by atoms with E-state index in [2.05, 4.69) is 47.6 Å². The van der Waals surface area contributed by atoms with E-state index in [9.17, 15) is 5.11 Å². The molecule has 0 aliphatic heterocycles. The van der Waals surface area contributed by atoms with Crippen molar-refractivity contribution in [2.45, 2.75) is 112 Å². The van der Waals surface area contributed by atoms with Crippen LogP contribution in [0.2, 0.25) is 0 Å². The Morgan fingerprint density at radius 1 is 1.03 bits per heavy atom. The maximum absolute atomic E-state index is 10.2. The van der Waals surface area contributed by atoms with Gasteiger partial charge in [-0.25, -0.2) is 0 Å². The Morgan fingerprint density at radius 3 is 2.52 bits per heavy atom. The molecule has 0 aromatic heterocycles. The van der Waals surface area contributed by atoms with Crippen molar-refractivity contribution in [3.8, 4) is 0 Å². The largest absolute Gasteiger partial charge is 0.393 e. The van der Waals surface area contributed by atoms with Crippen LogP contribution in [0, 0.1) is 40.4 Å². The second-order valence-electron chi connectivity index (χ2n) is 12.2. The van der Waals surface area contributed by atoms with Crippen molar-refractivity contribution in [1.29, 1.82) is 0 Å². The summed E-state index contributed by atoms with van der Waals surface area (Å²) >= 11 is 0. The molecule has 7 atom stereocenters. The molecular formula is C28H46O. The molecule has 4 aliphatic rings. The Labute approximate surface area is 180 Å². The van der Waals surface area contributed by atoms with Crippen molar-refractivity contribution in [2.24, 2.45) is 40.4 Å². The number of rotatable bonds is 5. The highest BCUT2D eigenvalue weighted by molar-refractivity contribution is 5.43. The van der Waals surface area contributed by atoms with Crippen LogP contribution in [0.3, 0.4) is 0 Å². The molecule has 0 radical (unpaired) electrons. The number of hydrogen-bond donors (Lipinski definition) is 1. The molecule has 1 N–H and O–H groups in total. The van der Waals surface area contributed by atoms with Gasteiger partial charge in [-0.3, -0.25) is 0 Å². The van der Waals surface area contributed by atoms with Crippen molar-refractivity contribution in [3.63, 3.8) is 0 Å². The minimum absolute atomic E-state index is 0.102. The molecule has 0 heterocycles. The fraction of sp³-hybridized carbons (Fsp3) is 0.857. The molecule has 4 rings (SSSR count). The van der Waals surface area contributed by atoms with E-state index < -0.39 is 0 Å². The molecule has 0 aromatic carbocycles. The highest BCUT2D eigenvalue weighted by Gasteiger charge is 2.54. The molecule has 0 aromatic rings. The topological polar surface area (TPSA) is 20.2 Å². The van der Waals surface area contributed by atoms with Gasteiger partial charge in [-0.05, 0) is 86.4 Å². The van der Waals surface area contributed by atoms with E-state index in [0.717, 1.165) is 48.9 Å². The summed E-state index contributed by atoms with van der Waals surface area (Å²) in [6, 6.07) is 0. The first-order valence-electron chi connectivity index (χ1n) is 12.8. The Kier molecular flexibility index (Phi) is 5.86. The molecule has 1 heteroatoms. The van der Waals surface area contributed by atoms with Gasteiger partial charge in [0.25, 0.3) is 0 Å². The number of aliphatic hydroxyl groups is 1. The lowest BCUT2D eigenvalue weighted by atomic mass is 9.53. The molecule has 0 amide bonds. The minimum atomic E-state index is -0.102. The van der Waals surface area contributed by atoms with Gasteiger partial charge < -0.3 is 5.11 Å². The van der Waals surface area contributed by atoms with E-state index >= 15 is 0 Å². The SMILES string of the molecule is CC(C)C(C)CCC(C)C1CCC2C3=C(CCC21C)C1(C)CCC(O)CC1=CC3. The van der Waals surface area contributed by atoms with Gasteiger partial charge in [-0.15, -0.1) is 0 Å². The fourth-order valence-corrected chi connectivity index (χ4v) is 7.94. The predicted molar refractivity (Wildman–Crippen MR) is 124 cm³/mol. The van der Waals surface area contributed by atoms with Crippen LogP contribution in [0.5, 0.6) is 0 Å².